The van der Waals surface area contributed by atoms with Crippen LogP contribution in [0.1, 0.15) is 18.9 Å². The Morgan fingerprint density at radius 3 is 2.93 bits per heavy atom. The largest absolute Gasteiger partial charge is 0.382 e. The van der Waals surface area contributed by atoms with Gasteiger partial charge in [-0.2, -0.15) is 0 Å². The summed E-state index contributed by atoms with van der Waals surface area (Å²) in [5.41, 5.74) is 7.02. The van der Waals surface area contributed by atoms with Gasteiger partial charge < -0.3 is 15.8 Å². The second kappa shape index (κ2) is 5.46. The van der Waals surface area contributed by atoms with E-state index < -0.39 is 0 Å². The van der Waals surface area contributed by atoms with Crippen LogP contribution in [0.25, 0.3) is 0 Å². The number of benzene rings is 1. The minimum Gasteiger partial charge on any atom is -0.382 e. The molecule has 0 aliphatic carbocycles. The topological polar surface area (TPSA) is 55.1 Å². The molecule has 0 heterocycles. The number of aldehydes is 1. The Labute approximate surface area is 88.5 Å². The second-order valence-corrected chi connectivity index (χ2v) is 3.45. The first kappa shape index (κ1) is 11.7. The zero-order valence-electron chi connectivity index (χ0n) is 8.66. The molecule has 4 heteroatoms. The molecule has 0 radical (unpaired) electrons. The van der Waals surface area contributed by atoms with Crippen molar-refractivity contribution in [3.05, 3.63) is 29.6 Å². The van der Waals surface area contributed by atoms with Crippen molar-refractivity contribution in [2.24, 2.45) is 5.73 Å². The highest BCUT2D eigenvalue weighted by molar-refractivity contribution is 5.55. The van der Waals surface area contributed by atoms with E-state index in [1.807, 2.05) is 6.92 Å². The number of rotatable bonds is 5. The Hall–Kier alpha value is -1.42. The lowest BCUT2D eigenvalue weighted by Crippen LogP contribution is -2.17. The Balaban J connectivity index is 2.81. The van der Waals surface area contributed by atoms with Crippen molar-refractivity contribution in [1.29, 1.82) is 0 Å². The molecular formula is C11H15FN2O. The monoisotopic (exact) mass is 210 g/mol. The van der Waals surface area contributed by atoms with Crippen molar-refractivity contribution < 1.29 is 9.18 Å². The number of carbonyl (C=O) groups is 1. The Bertz CT molecular complexity index is 341. The maximum Gasteiger partial charge on any atom is 0.125 e. The van der Waals surface area contributed by atoms with Crippen LogP contribution < -0.4 is 11.1 Å². The van der Waals surface area contributed by atoms with Gasteiger partial charge in [0.05, 0.1) is 0 Å². The highest BCUT2D eigenvalue weighted by Gasteiger charge is 2.06. The van der Waals surface area contributed by atoms with E-state index in [1.54, 1.807) is 6.07 Å². The fourth-order valence-electron chi connectivity index (χ4n) is 1.33. The average Bonchev–Trinajstić information content (AvgIpc) is 2.18. The quantitative estimate of drug-likeness (QED) is 0.727. The van der Waals surface area contributed by atoms with E-state index in [-0.39, 0.29) is 11.9 Å². The maximum absolute atomic E-state index is 13.0. The molecule has 1 aromatic rings. The van der Waals surface area contributed by atoms with Crippen LogP contribution in [0.5, 0.6) is 0 Å². The number of carbonyl (C=O) groups excluding carboxylic acids is 1. The summed E-state index contributed by atoms with van der Waals surface area (Å²) in [6.45, 7) is 2.20. The van der Waals surface area contributed by atoms with Crippen LogP contribution in [0.4, 0.5) is 10.1 Å². The van der Waals surface area contributed by atoms with E-state index in [9.17, 15) is 9.18 Å². The molecule has 3 N–H and O–H groups in total. The molecule has 0 aromatic heterocycles. The van der Waals surface area contributed by atoms with E-state index in [4.69, 9.17) is 5.73 Å². The standard InChI is InChI=1S/C11H15FN2O/c1-8(4-5-15)14-11-6-10(12)3-2-9(11)7-13/h2-3,5-6,8,14H,4,7,13H2,1H3. The van der Waals surface area contributed by atoms with Crippen LogP contribution in [-0.2, 0) is 11.3 Å². The maximum atomic E-state index is 13.0. The first-order valence-corrected chi connectivity index (χ1v) is 4.86. The molecule has 1 aromatic carbocycles. The van der Waals surface area contributed by atoms with Crippen molar-refractivity contribution in [3.63, 3.8) is 0 Å². The van der Waals surface area contributed by atoms with Gasteiger partial charge in [0.1, 0.15) is 12.1 Å². The first-order valence-electron chi connectivity index (χ1n) is 4.86. The van der Waals surface area contributed by atoms with Crippen molar-refractivity contribution in [3.8, 4) is 0 Å². The summed E-state index contributed by atoms with van der Waals surface area (Å²) in [5, 5.41) is 3.05. The minimum atomic E-state index is -0.312. The number of hydrogen-bond donors (Lipinski definition) is 2. The SMILES string of the molecule is CC(CC=O)Nc1cc(F)ccc1CN. The van der Waals surface area contributed by atoms with Gasteiger partial charge in [-0.25, -0.2) is 4.39 Å². The van der Waals surface area contributed by atoms with Gasteiger partial charge in [0.2, 0.25) is 0 Å². The third kappa shape index (κ3) is 3.32. The van der Waals surface area contributed by atoms with Crippen molar-refractivity contribution in [2.75, 3.05) is 5.32 Å². The van der Waals surface area contributed by atoms with Crippen LogP contribution in [0.15, 0.2) is 18.2 Å². The Morgan fingerprint density at radius 2 is 2.33 bits per heavy atom. The molecular weight excluding hydrogens is 195 g/mol. The molecule has 0 amide bonds. The number of halogens is 1. The third-order valence-corrected chi connectivity index (χ3v) is 2.14. The minimum absolute atomic E-state index is 0.0189. The van der Waals surface area contributed by atoms with Crippen LogP contribution in [0.2, 0.25) is 0 Å². The lowest BCUT2D eigenvalue weighted by atomic mass is 10.1. The molecule has 82 valence electrons. The van der Waals surface area contributed by atoms with E-state index in [1.165, 1.54) is 12.1 Å². The van der Waals surface area contributed by atoms with Gasteiger partial charge in [-0.05, 0) is 24.6 Å². The highest BCUT2D eigenvalue weighted by atomic mass is 19.1. The molecule has 0 fully saturated rings. The molecule has 15 heavy (non-hydrogen) atoms. The number of nitrogens with one attached hydrogen (secondary N) is 1. The fraction of sp³-hybridized carbons (Fsp3) is 0.364. The summed E-state index contributed by atoms with van der Waals surface area (Å²) in [6.07, 6.45) is 1.22. The number of anilines is 1. The Morgan fingerprint density at radius 1 is 1.60 bits per heavy atom. The number of nitrogens with two attached hydrogens (primary N) is 1. The van der Waals surface area contributed by atoms with Crippen molar-refractivity contribution in [2.45, 2.75) is 25.9 Å². The molecule has 0 aliphatic heterocycles. The molecule has 0 saturated heterocycles. The van der Waals surface area contributed by atoms with Gasteiger partial charge in [-0.15, -0.1) is 0 Å². The van der Waals surface area contributed by atoms with Gasteiger partial charge in [0, 0.05) is 24.7 Å². The Kier molecular flexibility index (Phi) is 4.24. The molecule has 0 saturated carbocycles. The summed E-state index contributed by atoms with van der Waals surface area (Å²) in [6, 6.07) is 4.39. The van der Waals surface area contributed by atoms with Crippen molar-refractivity contribution >= 4 is 12.0 Å². The number of hydrogen-bond acceptors (Lipinski definition) is 3. The molecule has 0 aliphatic rings. The van der Waals surface area contributed by atoms with Gasteiger partial charge in [-0.1, -0.05) is 6.07 Å². The lowest BCUT2D eigenvalue weighted by Gasteiger charge is -2.15. The van der Waals surface area contributed by atoms with Crippen molar-refractivity contribution in [1.82, 2.24) is 0 Å². The summed E-state index contributed by atoms with van der Waals surface area (Å²) in [7, 11) is 0. The third-order valence-electron chi connectivity index (χ3n) is 2.14. The van der Waals surface area contributed by atoms with Crippen LogP contribution in [-0.4, -0.2) is 12.3 Å². The second-order valence-electron chi connectivity index (χ2n) is 3.45. The normalized spacial score (nSPS) is 12.2. The fourth-order valence-corrected chi connectivity index (χ4v) is 1.33. The van der Waals surface area contributed by atoms with Crippen LogP contribution in [0, 0.1) is 5.82 Å². The van der Waals surface area contributed by atoms with Gasteiger partial charge in [0.25, 0.3) is 0 Å². The first-order chi connectivity index (χ1) is 7.17. The molecule has 1 atom stereocenters. The molecule has 0 bridgehead atoms. The lowest BCUT2D eigenvalue weighted by molar-refractivity contribution is -0.107. The average molecular weight is 210 g/mol. The van der Waals surface area contributed by atoms with Gasteiger partial charge >= 0.3 is 0 Å². The summed E-state index contributed by atoms with van der Waals surface area (Å²) >= 11 is 0. The summed E-state index contributed by atoms with van der Waals surface area (Å²) in [5.74, 6) is -0.312. The van der Waals surface area contributed by atoms with E-state index >= 15 is 0 Å². The molecule has 3 nitrogen and oxygen atoms in total. The molecule has 0 spiro atoms. The molecule has 1 rings (SSSR count). The van der Waals surface area contributed by atoms with E-state index in [2.05, 4.69) is 5.32 Å². The summed E-state index contributed by atoms with van der Waals surface area (Å²) in [4.78, 5) is 10.3. The smallest absolute Gasteiger partial charge is 0.125 e. The predicted molar refractivity (Wildman–Crippen MR) is 58.1 cm³/mol. The highest BCUT2D eigenvalue weighted by Crippen LogP contribution is 2.18. The van der Waals surface area contributed by atoms with Gasteiger partial charge in [0.15, 0.2) is 0 Å². The van der Waals surface area contributed by atoms with Gasteiger partial charge in [-0.3, -0.25) is 0 Å². The zero-order chi connectivity index (χ0) is 11.3. The molecule has 1 unspecified atom stereocenters. The van der Waals surface area contributed by atoms with E-state index in [0.717, 1.165) is 11.8 Å². The summed E-state index contributed by atoms with van der Waals surface area (Å²) < 4.78 is 13.0. The zero-order valence-corrected chi connectivity index (χ0v) is 8.66. The van der Waals surface area contributed by atoms with E-state index in [0.29, 0.717) is 18.7 Å². The predicted octanol–water partition coefficient (Wildman–Crippen LogP) is 1.67. The van der Waals surface area contributed by atoms with Crippen LogP contribution in [0.3, 0.4) is 0 Å². The van der Waals surface area contributed by atoms with Crippen LogP contribution >= 0.6 is 0 Å².